The summed E-state index contributed by atoms with van der Waals surface area (Å²) in [5.41, 5.74) is 2.26. The van der Waals surface area contributed by atoms with Crippen molar-refractivity contribution in [3.05, 3.63) is 94.2 Å². The van der Waals surface area contributed by atoms with Crippen LogP contribution in [0.15, 0.2) is 71.2 Å². The molecule has 0 N–H and O–H groups in total. The zero-order valence-corrected chi connectivity index (χ0v) is 18.3. The summed E-state index contributed by atoms with van der Waals surface area (Å²) < 4.78 is 20.0. The van der Waals surface area contributed by atoms with E-state index in [-0.39, 0.29) is 23.7 Å². The average molecular weight is 455 g/mol. The Morgan fingerprint density at radius 1 is 1.22 bits per heavy atom. The van der Waals surface area contributed by atoms with E-state index in [4.69, 9.17) is 4.74 Å². The monoisotopic (exact) mass is 454 g/mol. The summed E-state index contributed by atoms with van der Waals surface area (Å²) in [6.07, 6.45) is 6.41. The molecule has 1 aromatic carbocycles. The van der Waals surface area contributed by atoms with Crippen molar-refractivity contribution in [2.24, 2.45) is 0 Å². The molecule has 1 aliphatic rings. The number of aromatic nitrogens is 2. The standard InChI is InChI=1S/C24H23FN2O4S/c1-3-6-17(4-2)21(28)14-31-22(29)13-27-20-8-5-7-19(20)23(30)26-24(27)32-15-16-9-11-18(25)12-10-16/h3-4,6,9-12H,1-2,5,7-8,13-15H2. The highest BCUT2D eigenvalue weighted by atomic mass is 32.2. The van der Waals surface area contributed by atoms with E-state index in [0.29, 0.717) is 34.9 Å². The van der Waals surface area contributed by atoms with Gasteiger partial charge in [-0.2, -0.15) is 4.98 Å². The Kier molecular flexibility index (Phi) is 7.94. The second kappa shape index (κ2) is 10.9. The summed E-state index contributed by atoms with van der Waals surface area (Å²) >= 11 is 1.29. The number of carbonyl (C=O) groups excluding carboxylic acids is 2. The van der Waals surface area contributed by atoms with Crippen LogP contribution in [0.4, 0.5) is 4.39 Å². The number of ketones is 1. The molecule has 166 valence electrons. The van der Waals surface area contributed by atoms with E-state index in [1.807, 2.05) is 0 Å². The molecule has 0 atom stereocenters. The molecule has 0 fully saturated rings. The fourth-order valence-electron chi connectivity index (χ4n) is 3.39. The van der Waals surface area contributed by atoms with Crippen molar-refractivity contribution in [3.63, 3.8) is 0 Å². The number of esters is 1. The number of ether oxygens (including phenoxy) is 1. The quantitative estimate of drug-likeness (QED) is 0.180. The predicted molar refractivity (Wildman–Crippen MR) is 121 cm³/mol. The summed E-state index contributed by atoms with van der Waals surface area (Å²) in [4.78, 5) is 41.3. The Bertz CT molecular complexity index is 1140. The summed E-state index contributed by atoms with van der Waals surface area (Å²) in [5, 5.41) is 0.390. The molecule has 0 radical (unpaired) electrons. The van der Waals surface area contributed by atoms with Crippen LogP contribution in [0, 0.1) is 5.82 Å². The van der Waals surface area contributed by atoms with Crippen LogP contribution in [-0.4, -0.2) is 27.9 Å². The molecule has 3 rings (SSSR count). The summed E-state index contributed by atoms with van der Waals surface area (Å²) in [6, 6.07) is 6.05. The third kappa shape index (κ3) is 5.70. The number of Topliss-reactive ketones (excluding diaryl/α,β-unsaturated/α-hetero) is 1. The Morgan fingerprint density at radius 3 is 2.66 bits per heavy atom. The van der Waals surface area contributed by atoms with Gasteiger partial charge in [0.05, 0.1) is 0 Å². The predicted octanol–water partition coefficient (Wildman–Crippen LogP) is 3.57. The molecule has 32 heavy (non-hydrogen) atoms. The van der Waals surface area contributed by atoms with E-state index >= 15 is 0 Å². The number of rotatable bonds is 10. The van der Waals surface area contributed by atoms with Crippen LogP contribution in [-0.2, 0) is 39.5 Å². The molecule has 1 aliphatic carbocycles. The second-order valence-electron chi connectivity index (χ2n) is 7.13. The number of halogens is 1. The first-order chi connectivity index (χ1) is 15.4. The molecule has 0 spiro atoms. The third-order valence-electron chi connectivity index (χ3n) is 4.97. The van der Waals surface area contributed by atoms with Gasteiger partial charge < -0.3 is 9.30 Å². The fourth-order valence-corrected chi connectivity index (χ4v) is 4.36. The van der Waals surface area contributed by atoms with E-state index in [0.717, 1.165) is 17.7 Å². The van der Waals surface area contributed by atoms with Gasteiger partial charge in [-0.3, -0.25) is 14.4 Å². The SMILES string of the molecule is C=CC=C(C=C)C(=O)COC(=O)Cn1c(SCc2ccc(F)cc2)nc(=O)c2c1CCC2. The van der Waals surface area contributed by atoms with E-state index in [1.54, 1.807) is 16.7 Å². The van der Waals surface area contributed by atoms with Gasteiger partial charge in [0.15, 0.2) is 17.5 Å². The molecule has 0 saturated heterocycles. The molecule has 0 saturated carbocycles. The average Bonchev–Trinajstić information content (AvgIpc) is 3.28. The zero-order chi connectivity index (χ0) is 23.1. The maximum atomic E-state index is 13.2. The van der Waals surface area contributed by atoms with Gasteiger partial charge in [-0.25, -0.2) is 4.39 Å². The molecule has 0 aliphatic heterocycles. The van der Waals surface area contributed by atoms with E-state index < -0.39 is 12.6 Å². The van der Waals surface area contributed by atoms with Crippen molar-refractivity contribution in [3.8, 4) is 0 Å². The molecule has 1 heterocycles. The molecule has 2 aromatic rings. The van der Waals surface area contributed by atoms with E-state index in [9.17, 15) is 18.8 Å². The minimum atomic E-state index is -0.608. The number of fused-ring (bicyclic) bond motifs is 1. The van der Waals surface area contributed by atoms with Crippen molar-refractivity contribution >= 4 is 23.5 Å². The lowest BCUT2D eigenvalue weighted by atomic mass is 10.1. The minimum Gasteiger partial charge on any atom is -0.456 e. The van der Waals surface area contributed by atoms with Gasteiger partial charge >= 0.3 is 5.97 Å². The Labute approximate surface area is 189 Å². The number of carbonyl (C=O) groups is 2. The number of hydrogen-bond donors (Lipinski definition) is 0. The topological polar surface area (TPSA) is 78.3 Å². The molecule has 0 bridgehead atoms. The molecule has 0 amide bonds. The molecule has 1 aromatic heterocycles. The van der Waals surface area contributed by atoms with Crippen molar-refractivity contribution in [1.29, 1.82) is 0 Å². The highest BCUT2D eigenvalue weighted by Gasteiger charge is 2.23. The number of nitrogens with zero attached hydrogens (tertiary/aromatic N) is 2. The number of hydrogen-bond acceptors (Lipinski definition) is 6. The van der Waals surface area contributed by atoms with Gasteiger partial charge in [-0.1, -0.05) is 55.3 Å². The lowest BCUT2D eigenvalue weighted by Gasteiger charge is -2.16. The van der Waals surface area contributed by atoms with Gasteiger partial charge in [0.1, 0.15) is 12.4 Å². The van der Waals surface area contributed by atoms with Crippen LogP contribution in [0.2, 0.25) is 0 Å². The minimum absolute atomic E-state index is 0.163. The second-order valence-corrected chi connectivity index (χ2v) is 8.07. The highest BCUT2D eigenvalue weighted by Crippen LogP contribution is 2.26. The first kappa shape index (κ1) is 23.4. The Morgan fingerprint density at radius 2 is 1.97 bits per heavy atom. The maximum absolute atomic E-state index is 13.2. The fraction of sp³-hybridized carbons (Fsp3) is 0.250. The number of thioether (sulfide) groups is 1. The molecular formula is C24H23FN2O4S. The summed E-state index contributed by atoms with van der Waals surface area (Å²) in [6.45, 7) is 6.52. The lowest BCUT2D eigenvalue weighted by molar-refractivity contribution is -0.147. The first-order valence-corrected chi connectivity index (χ1v) is 11.0. The zero-order valence-electron chi connectivity index (χ0n) is 17.5. The van der Waals surface area contributed by atoms with E-state index in [2.05, 4.69) is 18.1 Å². The molecule has 0 unspecified atom stereocenters. The molecular weight excluding hydrogens is 431 g/mol. The Balaban J connectivity index is 1.77. The van der Waals surface area contributed by atoms with Crippen LogP contribution >= 0.6 is 11.8 Å². The van der Waals surface area contributed by atoms with E-state index in [1.165, 1.54) is 42.1 Å². The molecule has 6 nitrogen and oxygen atoms in total. The van der Waals surface area contributed by atoms with Gasteiger partial charge in [0, 0.05) is 22.6 Å². The van der Waals surface area contributed by atoms with Gasteiger partial charge in [-0.05, 0) is 37.0 Å². The highest BCUT2D eigenvalue weighted by molar-refractivity contribution is 7.98. The van der Waals surface area contributed by atoms with Crippen molar-refractivity contribution in [2.45, 2.75) is 36.7 Å². The number of allylic oxidation sites excluding steroid dienone is 3. The number of benzene rings is 1. The largest absolute Gasteiger partial charge is 0.456 e. The van der Waals surface area contributed by atoms with Crippen LogP contribution in [0.25, 0.3) is 0 Å². The summed E-state index contributed by atoms with van der Waals surface area (Å²) in [5.74, 6) is -0.870. The molecule has 8 heteroatoms. The van der Waals surface area contributed by atoms with Gasteiger partial charge in [0.25, 0.3) is 5.56 Å². The van der Waals surface area contributed by atoms with Crippen LogP contribution in [0.1, 0.15) is 23.2 Å². The lowest BCUT2D eigenvalue weighted by Crippen LogP contribution is -2.26. The Hall–Kier alpha value is -3.26. The summed E-state index contributed by atoms with van der Waals surface area (Å²) in [7, 11) is 0. The first-order valence-electron chi connectivity index (χ1n) is 10.1. The van der Waals surface area contributed by atoms with Crippen molar-refractivity contribution in [1.82, 2.24) is 9.55 Å². The van der Waals surface area contributed by atoms with Crippen molar-refractivity contribution in [2.75, 3.05) is 6.61 Å². The third-order valence-corrected chi connectivity index (χ3v) is 6.02. The normalized spacial score (nSPS) is 12.8. The van der Waals surface area contributed by atoms with Crippen LogP contribution in [0.3, 0.4) is 0 Å². The van der Waals surface area contributed by atoms with Crippen LogP contribution in [0.5, 0.6) is 0 Å². The van der Waals surface area contributed by atoms with Gasteiger partial charge in [0.2, 0.25) is 0 Å². The van der Waals surface area contributed by atoms with Crippen LogP contribution < -0.4 is 5.56 Å². The van der Waals surface area contributed by atoms with Crippen molar-refractivity contribution < 1.29 is 18.7 Å². The van der Waals surface area contributed by atoms with Gasteiger partial charge in [-0.15, -0.1) is 0 Å². The smallest absolute Gasteiger partial charge is 0.326 e. The maximum Gasteiger partial charge on any atom is 0.326 e.